The van der Waals surface area contributed by atoms with Gasteiger partial charge in [0.25, 0.3) is 0 Å². The highest BCUT2D eigenvalue weighted by Gasteiger charge is 2.08. The lowest BCUT2D eigenvalue weighted by Crippen LogP contribution is -2.15. The molecule has 0 aliphatic heterocycles. The second kappa shape index (κ2) is 7.01. The molecule has 0 radical (unpaired) electrons. The highest BCUT2D eigenvalue weighted by Crippen LogP contribution is 2.22. The number of carbonyl (C=O) groups excluding carboxylic acids is 1. The smallest absolute Gasteiger partial charge is 0.226 e. The van der Waals surface area contributed by atoms with Crippen molar-refractivity contribution in [1.29, 1.82) is 0 Å². The first-order chi connectivity index (χ1) is 11.2. The summed E-state index contributed by atoms with van der Waals surface area (Å²) < 4.78 is 3.16. The maximum atomic E-state index is 12.3. The van der Waals surface area contributed by atoms with Crippen molar-refractivity contribution in [2.45, 2.75) is 26.3 Å². The van der Waals surface area contributed by atoms with E-state index in [2.05, 4.69) is 57.0 Å². The molecule has 2 aromatic carbocycles. The Kier molecular flexibility index (Phi) is 4.82. The second-order valence-electron chi connectivity index (χ2n) is 5.52. The first-order valence-electron chi connectivity index (χ1n) is 7.79. The average Bonchev–Trinajstić information content (AvgIpc) is 2.98. The van der Waals surface area contributed by atoms with Gasteiger partial charge in [-0.25, -0.2) is 0 Å². The molecule has 0 saturated heterocycles. The number of nitrogens with zero attached hydrogens (tertiary/aromatic N) is 1. The summed E-state index contributed by atoms with van der Waals surface area (Å²) in [5, 5.41) is 4.23. The normalized spacial score (nSPS) is 10.9. The van der Waals surface area contributed by atoms with Crippen molar-refractivity contribution in [1.82, 2.24) is 4.57 Å². The quantitative estimate of drug-likeness (QED) is 0.673. The van der Waals surface area contributed by atoms with Crippen LogP contribution in [0.25, 0.3) is 10.9 Å². The van der Waals surface area contributed by atoms with Crippen LogP contribution in [0.1, 0.15) is 18.9 Å². The van der Waals surface area contributed by atoms with Crippen molar-refractivity contribution in [3.05, 3.63) is 64.8 Å². The number of amides is 1. The number of halogens is 1. The Balaban J connectivity index is 1.66. The molecule has 118 valence electrons. The van der Waals surface area contributed by atoms with Gasteiger partial charge in [-0.1, -0.05) is 41.1 Å². The van der Waals surface area contributed by atoms with Gasteiger partial charge >= 0.3 is 0 Å². The molecule has 3 nitrogen and oxygen atoms in total. The highest BCUT2D eigenvalue weighted by atomic mass is 79.9. The first kappa shape index (κ1) is 15.8. The molecule has 0 atom stereocenters. The Morgan fingerprint density at radius 2 is 2.00 bits per heavy atom. The van der Waals surface area contributed by atoms with Crippen molar-refractivity contribution in [2.24, 2.45) is 0 Å². The van der Waals surface area contributed by atoms with Crippen LogP contribution in [0.5, 0.6) is 0 Å². The van der Waals surface area contributed by atoms with Crippen LogP contribution >= 0.6 is 15.9 Å². The van der Waals surface area contributed by atoms with Crippen LogP contribution in [0.4, 0.5) is 5.69 Å². The molecule has 0 aliphatic rings. The molecule has 0 aliphatic carbocycles. The third kappa shape index (κ3) is 3.64. The van der Waals surface area contributed by atoms with Crippen molar-refractivity contribution in [3.8, 4) is 0 Å². The number of rotatable bonds is 5. The molecule has 3 rings (SSSR count). The molecular formula is C19H19BrN2O. The summed E-state index contributed by atoms with van der Waals surface area (Å²) in [6.07, 6.45) is 3.38. The number of anilines is 1. The van der Waals surface area contributed by atoms with E-state index in [-0.39, 0.29) is 5.91 Å². The van der Waals surface area contributed by atoms with E-state index in [1.54, 1.807) is 0 Å². The zero-order valence-electron chi connectivity index (χ0n) is 13.1. The van der Waals surface area contributed by atoms with Gasteiger partial charge in [0.05, 0.1) is 0 Å². The number of hydrogen-bond donors (Lipinski definition) is 1. The summed E-state index contributed by atoms with van der Waals surface area (Å²) in [5.74, 6) is 0.0415. The summed E-state index contributed by atoms with van der Waals surface area (Å²) in [4.78, 5) is 12.3. The first-order valence-corrected chi connectivity index (χ1v) is 8.59. The summed E-state index contributed by atoms with van der Waals surface area (Å²) in [6, 6.07) is 16.2. The van der Waals surface area contributed by atoms with Gasteiger partial charge in [0, 0.05) is 34.8 Å². The SMILES string of the molecule is CCc1cc(Br)ccc1NC(=O)CCn1ccc2ccccc21. The van der Waals surface area contributed by atoms with Gasteiger partial charge in [-0.2, -0.15) is 0 Å². The fraction of sp³-hybridized carbons (Fsp3) is 0.211. The lowest BCUT2D eigenvalue weighted by molar-refractivity contribution is -0.116. The molecule has 1 amide bonds. The number of aromatic nitrogens is 1. The van der Waals surface area contributed by atoms with Gasteiger partial charge < -0.3 is 9.88 Å². The van der Waals surface area contributed by atoms with E-state index in [4.69, 9.17) is 0 Å². The van der Waals surface area contributed by atoms with Crippen LogP contribution in [0.3, 0.4) is 0 Å². The Labute approximate surface area is 144 Å². The molecule has 23 heavy (non-hydrogen) atoms. The van der Waals surface area contributed by atoms with Gasteiger partial charge in [0.15, 0.2) is 0 Å². The molecule has 0 unspecified atom stereocenters. The number of nitrogens with one attached hydrogen (secondary N) is 1. The average molecular weight is 371 g/mol. The molecule has 0 spiro atoms. The fourth-order valence-electron chi connectivity index (χ4n) is 2.75. The largest absolute Gasteiger partial charge is 0.347 e. The standard InChI is InChI=1S/C19H19BrN2O/c1-2-14-13-16(20)7-8-17(14)21-19(23)10-12-22-11-9-15-5-3-4-6-18(15)22/h3-9,11,13H,2,10,12H2,1H3,(H,21,23). The third-order valence-electron chi connectivity index (χ3n) is 3.98. The molecule has 1 aromatic heterocycles. The Bertz CT molecular complexity index is 838. The summed E-state index contributed by atoms with van der Waals surface area (Å²) in [7, 11) is 0. The summed E-state index contributed by atoms with van der Waals surface area (Å²) in [6.45, 7) is 2.76. The minimum Gasteiger partial charge on any atom is -0.347 e. The predicted molar refractivity (Wildman–Crippen MR) is 98.7 cm³/mol. The number of aryl methyl sites for hydroxylation is 2. The van der Waals surface area contributed by atoms with Gasteiger partial charge in [0.1, 0.15) is 0 Å². The lowest BCUT2D eigenvalue weighted by Gasteiger charge is -2.11. The zero-order valence-corrected chi connectivity index (χ0v) is 14.6. The highest BCUT2D eigenvalue weighted by molar-refractivity contribution is 9.10. The molecule has 0 fully saturated rings. The van der Waals surface area contributed by atoms with E-state index in [0.717, 1.165) is 27.7 Å². The van der Waals surface area contributed by atoms with Crippen molar-refractivity contribution >= 4 is 38.4 Å². The minimum absolute atomic E-state index is 0.0415. The van der Waals surface area contributed by atoms with Gasteiger partial charge in [-0.15, -0.1) is 0 Å². The van der Waals surface area contributed by atoms with Crippen LogP contribution in [-0.4, -0.2) is 10.5 Å². The molecule has 0 saturated carbocycles. The lowest BCUT2D eigenvalue weighted by atomic mass is 10.1. The van der Waals surface area contributed by atoms with Crippen molar-refractivity contribution in [2.75, 3.05) is 5.32 Å². The van der Waals surface area contributed by atoms with Gasteiger partial charge in [-0.3, -0.25) is 4.79 Å². The summed E-state index contributed by atoms with van der Waals surface area (Å²) >= 11 is 3.47. The number of carbonyl (C=O) groups is 1. The van der Waals surface area contributed by atoms with Crippen LogP contribution in [0.2, 0.25) is 0 Å². The Hall–Kier alpha value is -2.07. The molecule has 3 aromatic rings. The molecule has 0 bridgehead atoms. The number of benzene rings is 2. The molecule has 1 heterocycles. The predicted octanol–water partition coefficient (Wildman–Crippen LogP) is 5.00. The molecular weight excluding hydrogens is 352 g/mol. The van der Waals surface area contributed by atoms with Crippen LogP contribution in [-0.2, 0) is 17.8 Å². The van der Waals surface area contributed by atoms with Crippen molar-refractivity contribution in [3.63, 3.8) is 0 Å². The maximum Gasteiger partial charge on any atom is 0.226 e. The Morgan fingerprint density at radius 3 is 2.83 bits per heavy atom. The van der Waals surface area contributed by atoms with Crippen LogP contribution in [0.15, 0.2) is 59.2 Å². The number of fused-ring (bicyclic) bond motifs is 1. The molecule has 1 N–H and O–H groups in total. The minimum atomic E-state index is 0.0415. The van der Waals surface area contributed by atoms with E-state index in [1.807, 2.05) is 30.5 Å². The van der Waals surface area contributed by atoms with Gasteiger partial charge in [0.2, 0.25) is 5.91 Å². The van der Waals surface area contributed by atoms with E-state index in [0.29, 0.717) is 13.0 Å². The van der Waals surface area contributed by atoms with Crippen LogP contribution < -0.4 is 5.32 Å². The van der Waals surface area contributed by atoms with E-state index in [1.165, 1.54) is 5.39 Å². The van der Waals surface area contributed by atoms with E-state index in [9.17, 15) is 4.79 Å². The fourth-order valence-corrected chi connectivity index (χ4v) is 3.16. The maximum absolute atomic E-state index is 12.3. The summed E-state index contributed by atoms with van der Waals surface area (Å²) in [5.41, 5.74) is 3.20. The van der Waals surface area contributed by atoms with Gasteiger partial charge in [-0.05, 0) is 47.7 Å². The number of hydrogen-bond acceptors (Lipinski definition) is 1. The van der Waals surface area contributed by atoms with Crippen molar-refractivity contribution < 1.29 is 4.79 Å². The number of para-hydroxylation sites is 1. The van der Waals surface area contributed by atoms with Crippen LogP contribution in [0, 0.1) is 0 Å². The second-order valence-corrected chi connectivity index (χ2v) is 6.44. The zero-order chi connectivity index (χ0) is 16.2. The van der Waals surface area contributed by atoms with E-state index < -0.39 is 0 Å². The topological polar surface area (TPSA) is 34.0 Å². The monoisotopic (exact) mass is 370 g/mol. The molecule has 4 heteroatoms. The van der Waals surface area contributed by atoms with E-state index >= 15 is 0 Å². The Morgan fingerprint density at radius 1 is 1.17 bits per heavy atom. The third-order valence-corrected chi connectivity index (χ3v) is 4.48.